The molecule has 5 aromatic rings. The fraction of sp³-hybridized carbons (Fsp3) is 0.269. The maximum Gasteiger partial charge on any atom is 0.295 e. The van der Waals surface area contributed by atoms with Crippen LogP contribution >= 0.6 is 22.9 Å². The fourth-order valence-electron chi connectivity index (χ4n) is 4.18. The maximum absolute atomic E-state index is 13.8. The second kappa shape index (κ2) is 9.36. The number of fused-ring (bicyclic) bond motifs is 2. The van der Waals surface area contributed by atoms with Crippen LogP contribution in [0.25, 0.3) is 21.2 Å². The highest BCUT2D eigenvalue weighted by Crippen LogP contribution is 2.35. The van der Waals surface area contributed by atoms with Crippen molar-refractivity contribution in [3.63, 3.8) is 0 Å². The molecule has 0 saturated carbocycles. The van der Waals surface area contributed by atoms with Gasteiger partial charge in [-0.1, -0.05) is 35.1 Å². The molecule has 35 heavy (non-hydrogen) atoms. The van der Waals surface area contributed by atoms with E-state index in [2.05, 4.69) is 5.10 Å². The van der Waals surface area contributed by atoms with Crippen LogP contribution in [0.1, 0.15) is 34.4 Å². The van der Waals surface area contributed by atoms with Crippen molar-refractivity contribution >= 4 is 55.2 Å². The van der Waals surface area contributed by atoms with Crippen LogP contribution in [0.5, 0.6) is 5.75 Å². The van der Waals surface area contributed by atoms with Crippen LogP contribution in [0.2, 0.25) is 5.02 Å². The lowest BCUT2D eigenvalue weighted by Gasteiger charge is -2.19. The number of rotatable bonds is 7. The Kier molecular flexibility index (Phi) is 6.25. The molecular formula is C26H25ClN4O3S. The first-order chi connectivity index (χ1) is 16.8. The lowest BCUT2D eigenvalue weighted by atomic mass is 10.2. The van der Waals surface area contributed by atoms with Gasteiger partial charge in [0.2, 0.25) is 0 Å². The number of benzene rings is 2. The molecule has 0 aliphatic carbocycles. The number of amides is 1. The minimum Gasteiger partial charge on any atom is -0.490 e. The number of hydrogen-bond donors (Lipinski definition) is 0. The monoisotopic (exact) mass is 508 g/mol. The summed E-state index contributed by atoms with van der Waals surface area (Å²) in [4.78, 5) is 20.3. The highest BCUT2D eigenvalue weighted by Gasteiger charge is 2.26. The number of thiazole rings is 1. The van der Waals surface area contributed by atoms with E-state index in [1.807, 2.05) is 68.8 Å². The normalized spacial score (nSPS) is 11.5. The number of halogens is 1. The topological polar surface area (TPSA) is 73.4 Å². The molecule has 0 saturated heterocycles. The van der Waals surface area contributed by atoms with E-state index in [1.165, 1.54) is 11.3 Å². The van der Waals surface area contributed by atoms with Gasteiger partial charge >= 0.3 is 0 Å². The van der Waals surface area contributed by atoms with Gasteiger partial charge in [-0.15, -0.1) is 0 Å². The minimum absolute atomic E-state index is 0.231. The molecule has 0 unspecified atom stereocenters. The minimum atomic E-state index is -0.270. The van der Waals surface area contributed by atoms with Gasteiger partial charge in [0.15, 0.2) is 22.2 Å². The first kappa shape index (κ1) is 23.4. The second-order valence-corrected chi connectivity index (χ2v) is 9.84. The van der Waals surface area contributed by atoms with Crippen LogP contribution in [0.4, 0.5) is 5.13 Å². The molecular weight excluding hydrogens is 484 g/mol. The standard InChI is InChI=1S/C26H25ClN4O3S/c1-5-33-20-8-6-7-18-13-21(34-24(18)20)25(32)30(9-10-31-17(4)12-16(3)29-31)26-28-23-15(2)11-19(27)14-22(23)35-26/h6-8,11-14H,5,9-10H2,1-4H3. The molecule has 1 amide bonds. The first-order valence-corrected chi connectivity index (χ1v) is 12.6. The van der Waals surface area contributed by atoms with Crippen LogP contribution in [-0.4, -0.2) is 33.8 Å². The molecule has 0 bridgehead atoms. The molecule has 2 aromatic carbocycles. The Hall–Kier alpha value is -3.36. The van der Waals surface area contributed by atoms with E-state index in [-0.39, 0.29) is 11.7 Å². The Morgan fingerprint density at radius 3 is 2.77 bits per heavy atom. The maximum atomic E-state index is 13.8. The molecule has 180 valence electrons. The van der Waals surface area contributed by atoms with Gasteiger partial charge in [0.05, 0.1) is 29.1 Å². The summed E-state index contributed by atoms with van der Waals surface area (Å²) >= 11 is 7.71. The Morgan fingerprint density at radius 2 is 2.03 bits per heavy atom. The summed E-state index contributed by atoms with van der Waals surface area (Å²) in [6.45, 7) is 9.24. The third-order valence-electron chi connectivity index (χ3n) is 5.77. The number of aromatic nitrogens is 3. The molecule has 0 radical (unpaired) electrons. The molecule has 0 atom stereocenters. The summed E-state index contributed by atoms with van der Waals surface area (Å²) < 4.78 is 14.5. The van der Waals surface area contributed by atoms with Crippen LogP contribution < -0.4 is 9.64 Å². The van der Waals surface area contributed by atoms with Crippen molar-refractivity contribution in [2.75, 3.05) is 18.1 Å². The number of para-hydroxylation sites is 1. The van der Waals surface area contributed by atoms with Crippen molar-refractivity contribution in [1.82, 2.24) is 14.8 Å². The van der Waals surface area contributed by atoms with Crippen LogP contribution in [0.15, 0.2) is 46.9 Å². The van der Waals surface area contributed by atoms with E-state index in [0.29, 0.717) is 41.2 Å². The first-order valence-electron chi connectivity index (χ1n) is 11.4. The molecule has 0 aliphatic rings. The predicted molar refractivity (Wildman–Crippen MR) is 140 cm³/mol. The smallest absolute Gasteiger partial charge is 0.295 e. The number of furan rings is 1. The quantitative estimate of drug-likeness (QED) is 0.249. The summed E-state index contributed by atoms with van der Waals surface area (Å²) in [7, 11) is 0. The molecule has 0 spiro atoms. The van der Waals surface area contributed by atoms with Gasteiger partial charge in [-0.25, -0.2) is 4.98 Å². The van der Waals surface area contributed by atoms with Crippen molar-refractivity contribution in [2.24, 2.45) is 0 Å². The molecule has 0 aliphatic heterocycles. The number of anilines is 1. The molecule has 0 fully saturated rings. The number of nitrogens with zero attached hydrogens (tertiary/aromatic N) is 4. The summed E-state index contributed by atoms with van der Waals surface area (Å²) in [6, 6.07) is 13.2. The largest absolute Gasteiger partial charge is 0.490 e. The number of aryl methyl sites for hydroxylation is 3. The number of carbonyl (C=O) groups is 1. The Bertz CT molecular complexity index is 1550. The van der Waals surface area contributed by atoms with Gasteiger partial charge in [0, 0.05) is 22.6 Å². The predicted octanol–water partition coefficient (Wildman–Crippen LogP) is 6.56. The summed E-state index contributed by atoms with van der Waals surface area (Å²) in [6.07, 6.45) is 0. The van der Waals surface area contributed by atoms with Crippen LogP contribution in [0.3, 0.4) is 0 Å². The number of ether oxygens (including phenoxy) is 1. The Labute approximate surface area is 211 Å². The van der Waals surface area contributed by atoms with E-state index in [4.69, 9.17) is 25.7 Å². The number of hydrogen-bond acceptors (Lipinski definition) is 6. The van der Waals surface area contributed by atoms with Crippen molar-refractivity contribution in [1.29, 1.82) is 0 Å². The molecule has 3 heterocycles. The summed E-state index contributed by atoms with van der Waals surface area (Å²) in [5.74, 6) is 0.575. The molecule has 5 rings (SSSR count). The van der Waals surface area contributed by atoms with Crippen molar-refractivity contribution in [3.8, 4) is 5.75 Å². The van der Waals surface area contributed by atoms with Crippen molar-refractivity contribution in [3.05, 3.63) is 70.2 Å². The highest BCUT2D eigenvalue weighted by molar-refractivity contribution is 7.22. The van der Waals surface area contributed by atoms with Gasteiger partial charge < -0.3 is 9.15 Å². The molecule has 3 aromatic heterocycles. The SMILES string of the molecule is CCOc1cccc2cc(C(=O)N(CCn3nc(C)cc3C)c3nc4c(C)cc(Cl)cc4s3)oc12. The Morgan fingerprint density at radius 1 is 1.20 bits per heavy atom. The zero-order valence-electron chi connectivity index (χ0n) is 20.0. The van der Waals surface area contributed by atoms with Gasteiger partial charge in [-0.3, -0.25) is 14.4 Å². The Balaban J connectivity index is 1.56. The van der Waals surface area contributed by atoms with E-state index >= 15 is 0 Å². The zero-order valence-corrected chi connectivity index (χ0v) is 21.5. The van der Waals surface area contributed by atoms with E-state index in [1.54, 1.807) is 11.0 Å². The van der Waals surface area contributed by atoms with Gasteiger partial charge in [0.1, 0.15) is 0 Å². The van der Waals surface area contributed by atoms with Gasteiger partial charge in [0.25, 0.3) is 5.91 Å². The molecule has 0 N–H and O–H groups in total. The molecule has 7 nitrogen and oxygen atoms in total. The fourth-order valence-corrected chi connectivity index (χ4v) is 5.63. The van der Waals surface area contributed by atoms with E-state index in [9.17, 15) is 4.79 Å². The average molecular weight is 509 g/mol. The second-order valence-electron chi connectivity index (χ2n) is 8.39. The summed E-state index contributed by atoms with van der Waals surface area (Å²) in [5, 5.41) is 6.59. The molecule has 9 heteroatoms. The van der Waals surface area contributed by atoms with E-state index < -0.39 is 0 Å². The lowest BCUT2D eigenvalue weighted by molar-refractivity contribution is 0.0961. The van der Waals surface area contributed by atoms with Gasteiger partial charge in [-0.2, -0.15) is 5.10 Å². The zero-order chi connectivity index (χ0) is 24.7. The average Bonchev–Trinajstić information content (AvgIpc) is 3.51. The van der Waals surface area contributed by atoms with E-state index in [0.717, 1.165) is 32.6 Å². The van der Waals surface area contributed by atoms with Crippen LogP contribution in [0, 0.1) is 20.8 Å². The third kappa shape index (κ3) is 4.51. The highest BCUT2D eigenvalue weighted by atomic mass is 35.5. The summed E-state index contributed by atoms with van der Waals surface area (Å²) in [5.41, 5.74) is 4.33. The third-order valence-corrected chi connectivity index (χ3v) is 7.02. The van der Waals surface area contributed by atoms with Gasteiger partial charge in [-0.05, 0) is 63.6 Å². The van der Waals surface area contributed by atoms with Crippen molar-refractivity contribution < 1.29 is 13.9 Å². The van der Waals surface area contributed by atoms with Crippen LogP contribution in [-0.2, 0) is 6.54 Å². The number of carbonyl (C=O) groups excluding carboxylic acids is 1. The lowest BCUT2D eigenvalue weighted by Crippen LogP contribution is -2.34. The van der Waals surface area contributed by atoms with Crippen molar-refractivity contribution in [2.45, 2.75) is 34.2 Å².